The van der Waals surface area contributed by atoms with Crippen LogP contribution in [0.5, 0.6) is 0 Å². The molecule has 8 nitrogen and oxygen atoms in total. The molecule has 2 aliphatic heterocycles. The number of guanidine groups is 1. The minimum absolute atomic E-state index is 0.0420. The summed E-state index contributed by atoms with van der Waals surface area (Å²) in [5.74, 6) is -0.377. The highest BCUT2D eigenvalue weighted by Crippen LogP contribution is 2.42. The van der Waals surface area contributed by atoms with Gasteiger partial charge in [0.2, 0.25) is 11.9 Å². The van der Waals surface area contributed by atoms with Crippen molar-refractivity contribution in [2.24, 2.45) is 4.99 Å². The fourth-order valence-electron chi connectivity index (χ4n) is 4.96. The second kappa shape index (κ2) is 10.7. The Morgan fingerprint density at radius 2 is 2.03 bits per heavy atom. The van der Waals surface area contributed by atoms with Crippen LogP contribution in [-0.4, -0.2) is 58.3 Å². The Bertz CT molecular complexity index is 1230. The van der Waals surface area contributed by atoms with E-state index < -0.39 is 24.2 Å². The predicted molar refractivity (Wildman–Crippen MR) is 134 cm³/mol. The van der Waals surface area contributed by atoms with Crippen molar-refractivity contribution in [1.82, 2.24) is 10.2 Å². The van der Waals surface area contributed by atoms with Crippen molar-refractivity contribution in [3.63, 3.8) is 0 Å². The number of hydrogen-bond donors (Lipinski definition) is 3. The van der Waals surface area contributed by atoms with Crippen molar-refractivity contribution in [1.29, 1.82) is 0 Å². The van der Waals surface area contributed by atoms with Crippen LogP contribution < -0.4 is 5.32 Å². The first-order chi connectivity index (χ1) is 17.5. The summed E-state index contributed by atoms with van der Waals surface area (Å²) in [4.78, 5) is 31.2. The molecule has 4 rings (SSSR count). The smallest absolute Gasteiger partial charge is 0.411 e. The van der Waals surface area contributed by atoms with Crippen LogP contribution in [0.15, 0.2) is 47.5 Å². The molecule has 2 aromatic carbocycles. The molecule has 0 aliphatic carbocycles. The average Bonchev–Trinajstić information content (AvgIpc) is 2.83. The molecule has 0 spiro atoms. The number of aliphatic imine (C=N–C) groups is 1. The normalized spacial score (nSPS) is 25.1. The number of nitrogens with one attached hydrogen (secondary N) is 1. The Kier molecular flexibility index (Phi) is 7.82. The van der Waals surface area contributed by atoms with Gasteiger partial charge in [0.15, 0.2) is 0 Å². The number of rotatable bonds is 5. The number of aliphatic hydroxyl groups is 1. The van der Waals surface area contributed by atoms with Gasteiger partial charge in [0, 0.05) is 18.2 Å². The van der Waals surface area contributed by atoms with E-state index in [1.165, 1.54) is 17.0 Å². The fourth-order valence-corrected chi connectivity index (χ4v) is 5.39. The lowest BCUT2D eigenvalue weighted by molar-refractivity contribution is -0.133. The van der Waals surface area contributed by atoms with Gasteiger partial charge in [-0.25, -0.2) is 18.6 Å². The van der Waals surface area contributed by atoms with Gasteiger partial charge in [0.1, 0.15) is 6.10 Å². The molecule has 1 fully saturated rings. The number of carbonyl (C=O) groups is 2. The van der Waals surface area contributed by atoms with Crippen LogP contribution in [0.4, 0.5) is 13.6 Å². The minimum Gasteiger partial charge on any atom is -0.465 e. The quantitative estimate of drug-likeness (QED) is 0.502. The molecule has 0 bridgehead atoms. The molecule has 0 saturated carbocycles. The molecule has 2 aromatic rings. The van der Waals surface area contributed by atoms with Gasteiger partial charge in [-0.05, 0) is 49.4 Å². The second-order valence-electron chi connectivity index (χ2n) is 9.51. The van der Waals surface area contributed by atoms with Gasteiger partial charge >= 0.3 is 6.09 Å². The maximum absolute atomic E-state index is 13.5. The molecule has 2 aliphatic rings. The Morgan fingerprint density at radius 1 is 1.30 bits per heavy atom. The molecule has 198 valence electrons. The maximum atomic E-state index is 13.5. The zero-order valence-corrected chi connectivity index (χ0v) is 21.1. The molecule has 2 amide bonds. The lowest BCUT2D eigenvalue weighted by Gasteiger charge is -2.42. The number of ether oxygens (including phenoxy) is 1. The van der Waals surface area contributed by atoms with E-state index in [1.54, 1.807) is 37.3 Å². The van der Waals surface area contributed by atoms with Crippen molar-refractivity contribution >= 4 is 29.6 Å². The summed E-state index contributed by atoms with van der Waals surface area (Å²) in [6, 6.07) is 10.9. The Balaban J connectivity index is 1.76. The highest BCUT2D eigenvalue weighted by Gasteiger charge is 2.43. The first-order valence-corrected chi connectivity index (χ1v) is 12.3. The number of hydrogen-bond acceptors (Lipinski definition) is 5. The zero-order chi connectivity index (χ0) is 26.9. The Morgan fingerprint density at radius 3 is 2.70 bits per heavy atom. The lowest BCUT2D eigenvalue weighted by atomic mass is 9.85. The highest BCUT2D eigenvalue weighted by molar-refractivity contribution is 6.34. The second-order valence-corrected chi connectivity index (χ2v) is 9.89. The number of carbonyl (C=O) groups excluding carboxylic acids is 1. The number of nitrogens with zero attached hydrogens (tertiary/aromatic N) is 2. The van der Waals surface area contributed by atoms with Gasteiger partial charge in [-0.15, -0.1) is 0 Å². The van der Waals surface area contributed by atoms with Gasteiger partial charge in [0.25, 0.3) is 6.43 Å². The number of amides is 2. The highest BCUT2D eigenvalue weighted by atomic mass is 35.5. The number of alkyl halides is 2. The molecule has 1 unspecified atom stereocenters. The van der Waals surface area contributed by atoms with E-state index >= 15 is 0 Å². The van der Waals surface area contributed by atoms with Gasteiger partial charge < -0.3 is 14.9 Å². The van der Waals surface area contributed by atoms with Crippen molar-refractivity contribution in [2.75, 3.05) is 6.61 Å². The molecule has 1 saturated heterocycles. The Labute approximate surface area is 217 Å². The van der Waals surface area contributed by atoms with E-state index in [4.69, 9.17) is 16.3 Å². The van der Waals surface area contributed by atoms with E-state index in [0.717, 1.165) is 0 Å². The third kappa shape index (κ3) is 5.61. The molecule has 2 heterocycles. The third-order valence-electron chi connectivity index (χ3n) is 6.74. The molecule has 11 heteroatoms. The van der Waals surface area contributed by atoms with E-state index in [2.05, 4.69) is 10.3 Å². The molecular formula is C26H28ClF2N3O5. The van der Waals surface area contributed by atoms with E-state index in [0.29, 0.717) is 36.1 Å². The summed E-state index contributed by atoms with van der Waals surface area (Å²) in [5, 5.41) is 21.8. The number of halogens is 3. The largest absolute Gasteiger partial charge is 0.465 e. The molecular weight excluding hydrogens is 508 g/mol. The SMILES string of the molecule is C[C@H]1C[C@@H](N2C(=O)C[C@@](C)(c3cccc(-c4cccc(C(O)C(F)F)c4)c3Cl)N=C2NC(=O)O)CCO1. The lowest BCUT2D eigenvalue weighted by Crippen LogP contribution is -2.58. The Hall–Kier alpha value is -3.08. The van der Waals surface area contributed by atoms with Crippen LogP contribution in [0.25, 0.3) is 11.1 Å². The van der Waals surface area contributed by atoms with Crippen LogP contribution in [-0.2, 0) is 15.1 Å². The van der Waals surface area contributed by atoms with Crippen molar-refractivity contribution in [3.05, 3.63) is 58.6 Å². The van der Waals surface area contributed by atoms with Crippen LogP contribution in [0.1, 0.15) is 50.3 Å². The zero-order valence-electron chi connectivity index (χ0n) is 20.3. The summed E-state index contributed by atoms with van der Waals surface area (Å²) in [5.41, 5.74) is 0.320. The number of aliphatic hydroxyl groups excluding tert-OH is 1. The number of benzene rings is 2. The fraction of sp³-hybridized carbons (Fsp3) is 0.423. The first-order valence-electron chi connectivity index (χ1n) is 11.9. The van der Waals surface area contributed by atoms with Gasteiger partial charge in [-0.2, -0.15) is 0 Å². The van der Waals surface area contributed by atoms with Gasteiger partial charge in [-0.3, -0.25) is 15.0 Å². The summed E-state index contributed by atoms with van der Waals surface area (Å²) in [6.07, 6.45) is -5.30. The molecule has 4 atom stereocenters. The van der Waals surface area contributed by atoms with E-state index in [1.807, 2.05) is 6.92 Å². The molecule has 3 N–H and O–H groups in total. The van der Waals surface area contributed by atoms with Crippen molar-refractivity contribution < 1.29 is 33.3 Å². The van der Waals surface area contributed by atoms with E-state index in [-0.39, 0.29) is 41.0 Å². The van der Waals surface area contributed by atoms with Crippen LogP contribution in [0, 0.1) is 0 Å². The molecule has 0 radical (unpaired) electrons. The monoisotopic (exact) mass is 535 g/mol. The van der Waals surface area contributed by atoms with Gasteiger partial charge in [-0.1, -0.05) is 48.0 Å². The van der Waals surface area contributed by atoms with Crippen LogP contribution >= 0.6 is 11.6 Å². The van der Waals surface area contributed by atoms with E-state index in [9.17, 15) is 28.6 Å². The topological polar surface area (TPSA) is 111 Å². The third-order valence-corrected chi connectivity index (χ3v) is 7.15. The standard InChI is InChI=1S/C26H28ClF2N3O5/c1-14-11-17(9-10-37-14)32-20(33)13-26(2,31-24(32)30-25(35)36)19-8-4-7-18(21(19)27)15-5-3-6-16(12-15)22(34)23(28)29/h3-8,12,14,17,22-23,34H,9-11,13H2,1-2H3,(H,30,31)(H,35,36)/t14-,17-,22?,26-/m0/s1. The predicted octanol–water partition coefficient (Wildman–Crippen LogP) is 4.94. The molecule has 0 aromatic heterocycles. The molecule has 37 heavy (non-hydrogen) atoms. The van der Waals surface area contributed by atoms with Crippen molar-refractivity contribution in [3.8, 4) is 11.1 Å². The number of carboxylic acid groups (broad SMARTS) is 1. The van der Waals surface area contributed by atoms with Crippen LogP contribution in [0.3, 0.4) is 0 Å². The summed E-state index contributed by atoms with van der Waals surface area (Å²) < 4.78 is 31.7. The van der Waals surface area contributed by atoms with Crippen LogP contribution in [0.2, 0.25) is 5.02 Å². The van der Waals surface area contributed by atoms with Gasteiger partial charge in [0.05, 0.1) is 23.1 Å². The van der Waals surface area contributed by atoms with Crippen molar-refractivity contribution in [2.45, 2.75) is 63.3 Å². The summed E-state index contributed by atoms with van der Waals surface area (Å²) in [7, 11) is 0. The minimum atomic E-state index is -2.94. The summed E-state index contributed by atoms with van der Waals surface area (Å²) in [6.45, 7) is 4.04. The first kappa shape index (κ1) is 27.0. The average molecular weight is 536 g/mol. The summed E-state index contributed by atoms with van der Waals surface area (Å²) >= 11 is 6.81. The maximum Gasteiger partial charge on any atom is 0.411 e.